The fraction of sp³-hybridized carbons (Fsp3) is 0.227. The van der Waals surface area contributed by atoms with E-state index in [2.05, 4.69) is 4.99 Å². The first-order valence-corrected chi connectivity index (χ1v) is 10.5. The van der Waals surface area contributed by atoms with Crippen molar-refractivity contribution < 1.29 is 32.2 Å². The monoisotopic (exact) mass is 477 g/mol. The Kier molecular flexibility index (Phi) is 6.14. The van der Waals surface area contributed by atoms with E-state index in [1.165, 1.54) is 12.1 Å². The van der Waals surface area contributed by atoms with Crippen molar-refractivity contribution in [1.29, 1.82) is 5.26 Å². The lowest BCUT2D eigenvalue weighted by Gasteiger charge is -2.15. The number of amides is 1. The largest absolute Gasteiger partial charge is 0.454 e. The molecule has 2 aromatic rings. The van der Waals surface area contributed by atoms with Gasteiger partial charge in [-0.2, -0.15) is 23.4 Å². The van der Waals surface area contributed by atoms with Crippen LogP contribution in [0, 0.1) is 17.1 Å². The highest BCUT2D eigenvalue weighted by molar-refractivity contribution is 8.18. The second-order valence-electron chi connectivity index (χ2n) is 7.31. The molecule has 0 radical (unpaired) electrons. The molecule has 2 heterocycles. The fourth-order valence-electron chi connectivity index (χ4n) is 3.32. The average molecular weight is 477 g/mol. The number of nitriles is 1. The summed E-state index contributed by atoms with van der Waals surface area (Å²) in [6.45, 7) is 0.950. The molecule has 0 aromatic heterocycles. The van der Waals surface area contributed by atoms with Crippen LogP contribution < -0.4 is 4.74 Å². The summed E-state index contributed by atoms with van der Waals surface area (Å²) in [5.41, 5.74) is -1.11. The molecule has 1 N–H and O–H groups in total. The van der Waals surface area contributed by atoms with E-state index in [-0.39, 0.29) is 10.5 Å². The van der Waals surface area contributed by atoms with E-state index in [4.69, 9.17) is 10.00 Å². The van der Waals surface area contributed by atoms with Crippen LogP contribution in [-0.2, 0) is 11.0 Å². The van der Waals surface area contributed by atoms with Gasteiger partial charge in [0.15, 0.2) is 16.7 Å². The van der Waals surface area contributed by atoms with Crippen LogP contribution >= 0.6 is 11.8 Å². The number of hydrogen-bond donors (Lipinski definition) is 1. The summed E-state index contributed by atoms with van der Waals surface area (Å²) >= 11 is 1.11. The summed E-state index contributed by atoms with van der Waals surface area (Å²) in [4.78, 5) is 18.2. The third kappa shape index (κ3) is 5.02. The van der Waals surface area contributed by atoms with Crippen LogP contribution in [-0.4, -0.2) is 40.3 Å². The standard InChI is InChI=1S/C22H15F4N3O3S/c23-16-8-12(9-19-20(31)28-21(33-19)29-6-5-14(30)11-29)1-4-18(16)32-17-3-2-13(10-27)7-15(17)22(24,25)26/h1-4,7-9,14,30H,5-6,11H2/b19-9+. The van der Waals surface area contributed by atoms with Gasteiger partial charge < -0.3 is 14.7 Å². The van der Waals surface area contributed by atoms with Gasteiger partial charge in [-0.1, -0.05) is 6.07 Å². The summed E-state index contributed by atoms with van der Waals surface area (Å²) in [5.74, 6) is -2.51. The molecule has 1 fully saturated rings. The van der Waals surface area contributed by atoms with E-state index in [1.807, 2.05) is 0 Å². The number of carbonyl (C=O) groups is 1. The number of aliphatic hydroxyl groups is 1. The lowest BCUT2D eigenvalue weighted by atomic mass is 10.1. The van der Waals surface area contributed by atoms with Gasteiger partial charge in [0.1, 0.15) is 5.75 Å². The van der Waals surface area contributed by atoms with Gasteiger partial charge >= 0.3 is 6.18 Å². The lowest BCUT2D eigenvalue weighted by Crippen LogP contribution is -2.26. The third-order valence-corrected chi connectivity index (χ3v) is 5.98. The molecule has 1 atom stereocenters. The molecule has 1 amide bonds. The number of aliphatic hydroxyl groups excluding tert-OH is 1. The van der Waals surface area contributed by atoms with E-state index in [0.29, 0.717) is 36.3 Å². The molecule has 33 heavy (non-hydrogen) atoms. The second kappa shape index (κ2) is 8.88. The van der Waals surface area contributed by atoms with Crippen molar-refractivity contribution in [3.63, 3.8) is 0 Å². The van der Waals surface area contributed by atoms with E-state index >= 15 is 0 Å². The summed E-state index contributed by atoms with van der Waals surface area (Å²) in [6, 6.07) is 7.93. The molecule has 2 aromatic carbocycles. The number of likely N-dealkylation sites (tertiary alicyclic amines) is 1. The quantitative estimate of drug-likeness (QED) is 0.516. The predicted octanol–water partition coefficient (Wildman–Crippen LogP) is 4.55. The molecular weight excluding hydrogens is 462 g/mol. The highest BCUT2D eigenvalue weighted by Crippen LogP contribution is 2.39. The Labute approximate surface area is 189 Å². The number of ether oxygens (including phenoxy) is 1. The lowest BCUT2D eigenvalue weighted by molar-refractivity contribution is -0.138. The summed E-state index contributed by atoms with van der Waals surface area (Å²) < 4.78 is 59.7. The molecule has 170 valence electrons. The zero-order chi connectivity index (χ0) is 23.8. The Balaban J connectivity index is 1.53. The van der Waals surface area contributed by atoms with Crippen molar-refractivity contribution in [2.75, 3.05) is 13.1 Å². The first-order chi connectivity index (χ1) is 15.6. The zero-order valence-electron chi connectivity index (χ0n) is 16.8. The number of rotatable bonds is 3. The number of nitrogens with zero attached hydrogens (tertiary/aromatic N) is 3. The molecule has 0 bridgehead atoms. The molecule has 2 aliphatic heterocycles. The molecule has 2 aliphatic rings. The molecule has 0 aliphatic carbocycles. The Morgan fingerprint density at radius 2 is 2.00 bits per heavy atom. The van der Waals surface area contributed by atoms with Crippen molar-refractivity contribution in [3.05, 3.63) is 63.8 Å². The third-order valence-electron chi connectivity index (χ3n) is 4.93. The Bertz CT molecular complexity index is 1220. The molecule has 6 nitrogen and oxygen atoms in total. The number of amidine groups is 1. The Hall–Kier alpha value is -3.36. The van der Waals surface area contributed by atoms with Crippen LogP contribution in [0.15, 0.2) is 46.3 Å². The topological polar surface area (TPSA) is 85.9 Å². The van der Waals surface area contributed by atoms with Crippen LogP contribution in [0.4, 0.5) is 17.6 Å². The number of hydrogen-bond acceptors (Lipinski definition) is 6. The SMILES string of the molecule is N#Cc1ccc(Oc2ccc(/C=C3/SC(N4CCC(O)C4)=NC3=O)cc2F)c(C(F)(F)F)c1. The molecular formula is C22H15F4N3O3S. The molecule has 1 unspecified atom stereocenters. The van der Waals surface area contributed by atoms with Crippen molar-refractivity contribution in [2.24, 2.45) is 4.99 Å². The number of β-amino-alcohol motifs (C(OH)–C–C–N with tert-alkyl or cyclic N) is 1. The van der Waals surface area contributed by atoms with Crippen LogP contribution in [0.5, 0.6) is 11.5 Å². The van der Waals surface area contributed by atoms with Gasteiger partial charge in [-0.3, -0.25) is 4.79 Å². The Morgan fingerprint density at radius 1 is 1.24 bits per heavy atom. The van der Waals surface area contributed by atoms with Crippen molar-refractivity contribution in [2.45, 2.75) is 18.7 Å². The van der Waals surface area contributed by atoms with Crippen molar-refractivity contribution >= 4 is 28.9 Å². The smallest absolute Gasteiger partial charge is 0.420 e. The molecule has 1 saturated heterocycles. The maximum absolute atomic E-state index is 14.6. The van der Waals surface area contributed by atoms with E-state index in [0.717, 1.165) is 36.0 Å². The number of thioether (sulfide) groups is 1. The highest BCUT2D eigenvalue weighted by atomic mass is 32.2. The first-order valence-electron chi connectivity index (χ1n) is 9.68. The summed E-state index contributed by atoms with van der Waals surface area (Å²) in [7, 11) is 0. The number of halogens is 4. The second-order valence-corrected chi connectivity index (χ2v) is 8.32. The fourth-order valence-corrected chi connectivity index (χ4v) is 4.27. The number of benzene rings is 2. The predicted molar refractivity (Wildman–Crippen MR) is 113 cm³/mol. The summed E-state index contributed by atoms with van der Waals surface area (Å²) in [6.07, 6.45) is -3.28. The normalized spacial score (nSPS) is 19.7. The first kappa shape index (κ1) is 22.8. The van der Waals surface area contributed by atoms with Crippen LogP contribution in [0.2, 0.25) is 0 Å². The summed E-state index contributed by atoms with van der Waals surface area (Å²) in [5, 5.41) is 18.9. The van der Waals surface area contributed by atoms with Gasteiger partial charge in [0.05, 0.1) is 28.2 Å². The van der Waals surface area contributed by atoms with Crippen LogP contribution in [0.25, 0.3) is 6.08 Å². The van der Waals surface area contributed by atoms with Crippen LogP contribution in [0.3, 0.4) is 0 Å². The maximum Gasteiger partial charge on any atom is 0.420 e. The number of aliphatic imine (C=N–C) groups is 1. The zero-order valence-corrected chi connectivity index (χ0v) is 17.6. The average Bonchev–Trinajstić information content (AvgIpc) is 3.35. The maximum atomic E-state index is 14.6. The van der Waals surface area contributed by atoms with Crippen molar-refractivity contribution in [1.82, 2.24) is 4.90 Å². The van der Waals surface area contributed by atoms with Gasteiger partial charge in [-0.25, -0.2) is 4.39 Å². The highest BCUT2D eigenvalue weighted by Gasteiger charge is 2.35. The van der Waals surface area contributed by atoms with E-state index in [1.54, 1.807) is 11.0 Å². The minimum absolute atomic E-state index is 0.208. The van der Waals surface area contributed by atoms with Crippen LogP contribution in [0.1, 0.15) is 23.1 Å². The van der Waals surface area contributed by atoms with Gasteiger partial charge in [0.2, 0.25) is 0 Å². The minimum atomic E-state index is -4.80. The van der Waals surface area contributed by atoms with E-state index < -0.39 is 41.1 Å². The number of alkyl halides is 3. The molecule has 0 spiro atoms. The molecule has 0 saturated carbocycles. The minimum Gasteiger partial charge on any atom is -0.454 e. The molecule has 11 heteroatoms. The number of carbonyl (C=O) groups excluding carboxylic acids is 1. The van der Waals surface area contributed by atoms with Gasteiger partial charge in [0, 0.05) is 13.1 Å². The van der Waals surface area contributed by atoms with Gasteiger partial charge in [0.25, 0.3) is 5.91 Å². The van der Waals surface area contributed by atoms with Gasteiger partial charge in [-0.05, 0) is 60.2 Å². The molecule has 4 rings (SSSR count). The Morgan fingerprint density at radius 3 is 2.64 bits per heavy atom. The van der Waals surface area contributed by atoms with Gasteiger partial charge in [-0.15, -0.1) is 0 Å². The van der Waals surface area contributed by atoms with E-state index in [9.17, 15) is 27.5 Å². The van der Waals surface area contributed by atoms with Crippen molar-refractivity contribution in [3.8, 4) is 17.6 Å².